The molecule has 1 aromatic carbocycles. The fraction of sp³-hybridized carbons (Fsp3) is 0.421. The third kappa shape index (κ3) is 6.83. The van der Waals surface area contributed by atoms with Gasteiger partial charge in [0.25, 0.3) is 0 Å². The number of alkyl halides is 3. The normalized spacial score (nSPS) is 13.5. The third-order valence-corrected chi connectivity index (χ3v) is 4.17. The standard InChI is InChI=1S/C17H21FN4O.C2HF3O2/c1-20(2)10-15-11-21-6-7-22(12-16(21)19-15)17(23)9-13-4-3-5-14(18)8-13;3-2(4,5)1(6)7/h3-5,8,11H,6-7,9-10,12H2,1-2H3;(H,6,7). The Bertz CT molecular complexity index is 896. The lowest BCUT2D eigenvalue weighted by Gasteiger charge is -2.27. The van der Waals surface area contributed by atoms with E-state index in [-0.39, 0.29) is 18.1 Å². The maximum atomic E-state index is 13.2. The van der Waals surface area contributed by atoms with Gasteiger partial charge in [-0.1, -0.05) is 12.1 Å². The smallest absolute Gasteiger partial charge is 0.475 e. The Morgan fingerprint density at radius 2 is 1.90 bits per heavy atom. The summed E-state index contributed by atoms with van der Waals surface area (Å²) in [6.07, 6.45) is -2.80. The van der Waals surface area contributed by atoms with Gasteiger partial charge < -0.3 is 19.5 Å². The van der Waals surface area contributed by atoms with Crippen molar-refractivity contribution in [2.75, 3.05) is 20.6 Å². The molecule has 11 heteroatoms. The minimum Gasteiger partial charge on any atom is -0.475 e. The van der Waals surface area contributed by atoms with Crippen molar-refractivity contribution < 1.29 is 32.3 Å². The minimum absolute atomic E-state index is 0.0130. The van der Waals surface area contributed by atoms with Crippen molar-refractivity contribution in [2.45, 2.75) is 32.2 Å². The Morgan fingerprint density at radius 3 is 2.47 bits per heavy atom. The van der Waals surface area contributed by atoms with E-state index < -0.39 is 12.1 Å². The second-order valence-corrected chi connectivity index (χ2v) is 7.00. The van der Waals surface area contributed by atoms with Crippen molar-refractivity contribution in [1.29, 1.82) is 0 Å². The number of hydrogen-bond acceptors (Lipinski definition) is 4. The molecule has 0 atom stereocenters. The number of nitrogens with zero attached hydrogens (tertiary/aromatic N) is 4. The molecular formula is C19H22F4N4O3. The lowest BCUT2D eigenvalue weighted by Crippen LogP contribution is -2.39. The predicted molar refractivity (Wildman–Crippen MR) is 98.8 cm³/mol. The van der Waals surface area contributed by atoms with E-state index in [1.807, 2.05) is 14.1 Å². The van der Waals surface area contributed by atoms with Crippen molar-refractivity contribution in [1.82, 2.24) is 19.4 Å². The van der Waals surface area contributed by atoms with Gasteiger partial charge in [-0.15, -0.1) is 0 Å². The van der Waals surface area contributed by atoms with Gasteiger partial charge in [0.05, 0.1) is 18.7 Å². The average Bonchev–Trinajstić information content (AvgIpc) is 3.01. The van der Waals surface area contributed by atoms with E-state index in [0.717, 1.165) is 24.6 Å². The van der Waals surface area contributed by atoms with Crippen LogP contribution in [0.4, 0.5) is 17.6 Å². The van der Waals surface area contributed by atoms with Crippen molar-refractivity contribution >= 4 is 11.9 Å². The van der Waals surface area contributed by atoms with Gasteiger partial charge in [-0.2, -0.15) is 13.2 Å². The number of aliphatic carboxylic acids is 1. The Morgan fingerprint density at radius 1 is 1.23 bits per heavy atom. The maximum absolute atomic E-state index is 13.2. The van der Waals surface area contributed by atoms with E-state index >= 15 is 0 Å². The first-order valence-electron chi connectivity index (χ1n) is 8.97. The summed E-state index contributed by atoms with van der Waals surface area (Å²) in [6, 6.07) is 6.21. The molecule has 0 bridgehead atoms. The van der Waals surface area contributed by atoms with Crippen molar-refractivity contribution in [2.24, 2.45) is 0 Å². The topological polar surface area (TPSA) is 78.7 Å². The molecule has 30 heavy (non-hydrogen) atoms. The SMILES string of the molecule is CN(C)Cc1cn2c(n1)CN(C(=O)Cc1cccc(F)c1)CC2.O=C(O)C(F)(F)F. The predicted octanol–water partition coefficient (Wildman–Crippen LogP) is 2.30. The van der Waals surface area contributed by atoms with Gasteiger partial charge in [0.2, 0.25) is 5.91 Å². The highest BCUT2D eigenvalue weighted by molar-refractivity contribution is 5.78. The summed E-state index contributed by atoms with van der Waals surface area (Å²) >= 11 is 0. The van der Waals surface area contributed by atoms with Gasteiger partial charge in [0, 0.05) is 25.8 Å². The van der Waals surface area contributed by atoms with Crippen molar-refractivity contribution in [3.8, 4) is 0 Å². The molecule has 164 valence electrons. The largest absolute Gasteiger partial charge is 0.490 e. The Balaban J connectivity index is 0.000000396. The molecule has 1 aliphatic rings. The minimum atomic E-state index is -5.08. The molecule has 0 radical (unpaired) electrons. The Hall–Kier alpha value is -2.95. The van der Waals surface area contributed by atoms with Crippen LogP contribution in [0.1, 0.15) is 17.1 Å². The van der Waals surface area contributed by atoms with Crippen LogP contribution in [-0.4, -0.2) is 63.2 Å². The third-order valence-electron chi connectivity index (χ3n) is 4.17. The van der Waals surface area contributed by atoms with Crippen LogP contribution in [0.3, 0.4) is 0 Å². The van der Waals surface area contributed by atoms with Crippen LogP contribution in [0.2, 0.25) is 0 Å². The van der Waals surface area contributed by atoms with Crippen LogP contribution in [0.5, 0.6) is 0 Å². The van der Waals surface area contributed by atoms with E-state index in [4.69, 9.17) is 9.90 Å². The van der Waals surface area contributed by atoms with Gasteiger partial charge in [-0.3, -0.25) is 4.79 Å². The highest BCUT2D eigenvalue weighted by Crippen LogP contribution is 2.16. The number of fused-ring (bicyclic) bond motifs is 1. The molecule has 0 spiro atoms. The van der Waals surface area contributed by atoms with Gasteiger partial charge in [-0.05, 0) is 31.8 Å². The average molecular weight is 430 g/mol. The number of aromatic nitrogens is 2. The number of rotatable bonds is 4. The van der Waals surface area contributed by atoms with Crippen LogP contribution in [0.15, 0.2) is 30.5 Å². The molecule has 0 aliphatic carbocycles. The first kappa shape index (κ1) is 23.3. The van der Waals surface area contributed by atoms with Crippen LogP contribution < -0.4 is 0 Å². The number of carbonyl (C=O) groups is 2. The number of halogens is 4. The van der Waals surface area contributed by atoms with Crippen LogP contribution in [-0.2, 0) is 35.6 Å². The second-order valence-electron chi connectivity index (χ2n) is 7.00. The fourth-order valence-corrected chi connectivity index (χ4v) is 2.86. The molecule has 7 nitrogen and oxygen atoms in total. The molecule has 0 saturated carbocycles. The molecule has 1 amide bonds. The van der Waals surface area contributed by atoms with Gasteiger partial charge >= 0.3 is 12.1 Å². The molecule has 1 aromatic heterocycles. The molecular weight excluding hydrogens is 408 g/mol. The monoisotopic (exact) mass is 430 g/mol. The number of carbonyl (C=O) groups excluding carboxylic acids is 1. The number of imidazole rings is 1. The quantitative estimate of drug-likeness (QED) is 0.754. The van der Waals surface area contributed by atoms with Crippen LogP contribution in [0, 0.1) is 5.82 Å². The molecule has 1 aliphatic heterocycles. The summed E-state index contributed by atoms with van der Waals surface area (Å²) in [4.78, 5) is 29.8. The number of carboxylic acids is 1. The first-order valence-corrected chi connectivity index (χ1v) is 8.97. The summed E-state index contributed by atoms with van der Waals surface area (Å²) in [5, 5.41) is 7.12. The van der Waals surface area contributed by atoms with Gasteiger partial charge in [0.1, 0.15) is 11.6 Å². The highest BCUT2D eigenvalue weighted by Gasteiger charge is 2.38. The lowest BCUT2D eigenvalue weighted by molar-refractivity contribution is -0.192. The zero-order valence-corrected chi connectivity index (χ0v) is 16.5. The molecule has 0 fully saturated rings. The first-order chi connectivity index (χ1) is 14.0. The van der Waals surface area contributed by atoms with E-state index in [2.05, 4.69) is 20.6 Å². The lowest BCUT2D eigenvalue weighted by atomic mass is 10.1. The molecule has 2 aromatic rings. The van der Waals surface area contributed by atoms with E-state index in [1.165, 1.54) is 12.1 Å². The number of carboxylic acid groups (broad SMARTS) is 1. The summed E-state index contributed by atoms with van der Waals surface area (Å²) in [7, 11) is 4.01. The molecule has 2 heterocycles. The van der Waals surface area contributed by atoms with Crippen molar-refractivity contribution in [3.63, 3.8) is 0 Å². The zero-order chi connectivity index (χ0) is 22.5. The van der Waals surface area contributed by atoms with E-state index in [0.29, 0.717) is 18.7 Å². The Labute approximate surface area is 170 Å². The maximum Gasteiger partial charge on any atom is 0.490 e. The van der Waals surface area contributed by atoms with E-state index in [9.17, 15) is 22.4 Å². The molecule has 0 saturated heterocycles. The molecule has 0 unspecified atom stereocenters. The molecule has 3 rings (SSSR count). The summed E-state index contributed by atoms with van der Waals surface area (Å²) < 4.78 is 47.1. The Kier molecular flexibility index (Phi) is 7.54. The fourth-order valence-electron chi connectivity index (χ4n) is 2.86. The van der Waals surface area contributed by atoms with Gasteiger partial charge in [-0.25, -0.2) is 14.2 Å². The van der Waals surface area contributed by atoms with Crippen LogP contribution in [0.25, 0.3) is 0 Å². The highest BCUT2D eigenvalue weighted by atomic mass is 19.4. The van der Waals surface area contributed by atoms with E-state index in [1.54, 1.807) is 17.0 Å². The van der Waals surface area contributed by atoms with Crippen molar-refractivity contribution in [3.05, 3.63) is 53.4 Å². The molecule has 1 N–H and O–H groups in total. The summed E-state index contributed by atoms with van der Waals surface area (Å²) in [6.45, 7) is 2.72. The zero-order valence-electron chi connectivity index (χ0n) is 16.5. The van der Waals surface area contributed by atoms with Crippen LogP contribution >= 0.6 is 0 Å². The number of benzene rings is 1. The summed E-state index contributed by atoms with van der Waals surface area (Å²) in [5.41, 5.74) is 1.72. The second kappa shape index (κ2) is 9.70. The number of hydrogen-bond donors (Lipinski definition) is 1. The number of amides is 1. The van der Waals surface area contributed by atoms with Gasteiger partial charge in [0.15, 0.2) is 0 Å². The summed E-state index contributed by atoms with van der Waals surface area (Å²) in [5.74, 6) is -2.13.